The number of hydrogen-bond donors (Lipinski definition) is 1. The highest BCUT2D eigenvalue weighted by molar-refractivity contribution is 6.90. The summed E-state index contributed by atoms with van der Waals surface area (Å²) >= 11 is 0. The van der Waals surface area contributed by atoms with Gasteiger partial charge in [-0.2, -0.15) is 0 Å². The zero-order chi connectivity index (χ0) is 23.8. The average Bonchev–Trinajstić information content (AvgIpc) is 2.47. The van der Waals surface area contributed by atoms with Crippen LogP contribution < -0.4 is 0 Å². The molecule has 1 atom stereocenters. The summed E-state index contributed by atoms with van der Waals surface area (Å²) in [5, 5.41) is 10.3. The average molecular weight is 497 g/mol. The molecule has 0 rings (SSSR count). The molecule has 0 radical (unpaired) electrons. The molecule has 1 unspecified atom stereocenters. The lowest BCUT2D eigenvalue weighted by Crippen LogP contribution is -2.60. The van der Waals surface area contributed by atoms with Crippen molar-refractivity contribution in [3.05, 3.63) is 12.2 Å². The molecule has 0 bridgehead atoms. The van der Waals surface area contributed by atoms with Gasteiger partial charge in [-0.05, 0) is 65.8 Å². The van der Waals surface area contributed by atoms with Gasteiger partial charge in [0.1, 0.15) is 0 Å². The van der Waals surface area contributed by atoms with E-state index in [1.807, 2.05) is 0 Å². The van der Waals surface area contributed by atoms with Crippen LogP contribution in [0.2, 0.25) is 65.0 Å². The van der Waals surface area contributed by atoms with Gasteiger partial charge in [-0.3, -0.25) is 0 Å². The van der Waals surface area contributed by atoms with Gasteiger partial charge in [-0.15, -0.1) is 0 Å². The molecule has 0 saturated carbocycles. The number of esters is 1. The van der Waals surface area contributed by atoms with Crippen LogP contribution in [0.25, 0.3) is 0 Å². The first-order chi connectivity index (χ1) is 13.3. The molecule has 30 heavy (non-hydrogen) atoms. The summed E-state index contributed by atoms with van der Waals surface area (Å²) in [6.45, 7) is 24.9. The Morgan fingerprint density at radius 1 is 0.867 bits per heavy atom. The van der Waals surface area contributed by atoms with Crippen LogP contribution in [0.3, 0.4) is 0 Å². The van der Waals surface area contributed by atoms with Crippen molar-refractivity contribution in [3.63, 3.8) is 0 Å². The zero-order valence-electron chi connectivity index (χ0n) is 20.7. The van der Waals surface area contributed by atoms with E-state index in [-0.39, 0.29) is 13.2 Å². The summed E-state index contributed by atoms with van der Waals surface area (Å²) < 4.78 is 30.3. The van der Waals surface area contributed by atoms with Crippen molar-refractivity contribution in [1.82, 2.24) is 0 Å². The lowest BCUT2D eigenvalue weighted by Gasteiger charge is -2.43. The van der Waals surface area contributed by atoms with Crippen LogP contribution in [-0.2, 0) is 26.6 Å². The lowest BCUT2D eigenvalue weighted by molar-refractivity contribution is -0.140. The van der Waals surface area contributed by atoms with E-state index in [4.69, 9.17) is 21.8 Å². The molecule has 0 amide bonds. The molecule has 0 spiro atoms. The minimum Gasteiger partial charge on any atom is -0.462 e. The molecule has 0 fully saturated rings. The predicted octanol–water partition coefficient (Wildman–Crippen LogP) is 4.71. The van der Waals surface area contributed by atoms with Gasteiger partial charge >= 0.3 is 14.8 Å². The van der Waals surface area contributed by atoms with Crippen molar-refractivity contribution in [1.29, 1.82) is 0 Å². The Balaban J connectivity index is 4.96. The van der Waals surface area contributed by atoms with Gasteiger partial charge in [0.25, 0.3) is 0 Å². The third-order valence-corrected chi connectivity index (χ3v) is 15.2. The minimum atomic E-state index is -2.98. The second-order valence-electron chi connectivity index (χ2n) is 10.5. The van der Waals surface area contributed by atoms with E-state index in [0.29, 0.717) is 24.5 Å². The number of aliphatic hydroxyl groups is 1. The Morgan fingerprint density at radius 2 is 1.30 bits per heavy atom. The van der Waals surface area contributed by atoms with E-state index in [1.165, 1.54) is 0 Å². The summed E-state index contributed by atoms with van der Waals surface area (Å²) in [5.41, 5.74) is 0.365. The summed E-state index contributed by atoms with van der Waals surface area (Å²) in [4.78, 5) is 11.4. The minimum absolute atomic E-state index is 0.229. The summed E-state index contributed by atoms with van der Waals surface area (Å²) in [5.74, 6) is -0.415. The van der Waals surface area contributed by atoms with Gasteiger partial charge in [0.05, 0.1) is 13.2 Å². The van der Waals surface area contributed by atoms with Gasteiger partial charge in [-0.25, -0.2) is 4.79 Å². The Bertz CT molecular complexity index is 510. The van der Waals surface area contributed by atoms with Crippen molar-refractivity contribution < 1.29 is 31.7 Å². The molecule has 0 saturated heterocycles. The van der Waals surface area contributed by atoms with Crippen molar-refractivity contribution in [2.45, 2.75) is 91.0 Å². The van der Waals surface area contributed by atoms with Crippen LogP contribution in [0.15, 0.2) is 12.2 Å². The monoisotopic (exact) mass is 496 g/mol. The molecule has 11 heteroatoms. The maximum Gasteiger partial charge on any atom is 0.469 e. The van der Waals surface area contributed by atoms with E-state index >= 15 is 0 Å². The highest BCUT2D eigenvalue weighted by Gasteiger charge is 2.49. The standard InChI is InChI=1S/C19H44O7Si4/c1-17(2)19(21)23-15-12-14-22-18(20)13-16-30(24-27(3,4)5,25-28(6,7)8)26-29(9,10)11/h18,20H,1,12-16H2,2-11H3. The van der Waals surface area contributed by atoms with Gasteiger partial charge in [0.15, 0.2) is 31.2 Å². The molecular weight excluding hydrogens is 453 g/mol. The number of hydrogen-bond acceptors (Lipinski definition) is 7. The van der Waals surface area contributed by atoms with Gasteiger partial charge in [0.2, 0.25) is 0 Å². The fourth-order valence-electron chi connectivity index (χ4n) is 2.57. The van der Waals surface area contributed by atoms with Crippen molar-refractivity contribution in [2.24, 2.45) is 0 Å². The number of ether oxygens (including phenoxy) is 2. The van der Waals surface area contributed by atoms with E-state index in [1.54, 1.807) is 6.92 Å². The van der Waals surface area contributed by atoms with Crippen molar-refractivity contribution in [2.75, 3.05) is 13.2 Å². The van der Waals surface area contributed by atoms with Crippen LogP contribution in [0, 0.1) is 0 Å². The number of rotatable bonds is 15. The lowest BCUT2D eigenvalue weighted by atomic mass is 10.4. The maximum atomic E-state index is 11.4. The fourth-order valence-corrected chi connectivity index (χ4v) is 17.2. The second-order valence-corrected chi connectivity index (χ2v) is 27.4. The zero-order valence-corrected chi connectivity index (χ0v) is 24.7. The number of aliphatic hydroxyl groups excluding tert-OH is 1. The molecule has 178 valence electrons. The molecule has 0 aliphatic carbocycles. The van der Waals surface area contributed by atoms with Crippen LogP contribution in [0.5, 0.6) is 0 Å². The molecule has 0 aliphatic heterocycles. The Hall–Kier alpha value is -0.122. The molecular formula is C19H44O7Si4. The maximum absolute atomic E-state index is 11.4. The smallest absolute Gasteiger partial charge is 0.462 e. The fraction of sp³-hybridized carbons (Fsp3) is 0.842. The van der Waals surface area contributed by atoms with Crippen LogP contribution >= 0.6 is 0 Å². The second kappa shape index (κ2) is 12.2. The van der Waals surface area contributed by atoms with Gasteiger partial charge < -0.3 is 26.9 Å². The number of carbonyl (C=O) groups is 1. The quantitative estimate of drug-likeness (QED) is 0.115. The highest BCUT2D eigenvalue weighted by atomic mass is 28.5. The SMILES string of the molecule is C=C(C)C(=O)OCCCOC(O)CC[Si](O[Si](C)(C)C)(O[Si](C)(C)C)O[Si](C)(C)C. The van der Waals surface area contributed by atoms with Crippen molar-refractivity contribution >= 4 is 39.7 Å². The predicted molar refractivity (Wildman–Crippen MR) is 131 cm³/mol. The first-order valence-corrected chi connectivity index (χ1v) is 22.7. The van der Waals surface area contributed by atoms with E-state index in [0.717, 1.165) is 0 Å². The first-order valence-electron chi connectivity index (χ1n) is 10.6. The largest absolute Gasteiger partial charge is 0.469 e. The molecule has 0 heterocycles. The number of carbonyl (C=O) groups excluding carboxylic acids is 1. The summed E-state index contributed by atoms with van der Waals surface area (Å²) in [6, 6.07) is 0.512. The topological polar surface area (TPSA) is 83.5 Å². The molecule has 1 N–H and O–H groups in total. The van der Waals surface area contributed by atoms with Gasteiger partial charge in [0, 0.05) is 24.5 Å². The van der Waals surface area contributed by atoms with E-state index in [2.05, 4.69) is 65.5 Å². The first kappa shape index (κ1) is 29.9. The Morgan fingerprint density at radius 3 is 1.67 bits per heavy atom. The van der Waals surface area contributed by atoms with Crippen LogP contribution in [0.4, 0.5) is 0 Å². The highest BCUT2D eigenvalue weighted by Crippen LogP contribution is 2.30. The molecule has 0 aromatic carbocycles. The van der Waals surface area contributed by atoms with Crippen LogP contribution in [-0.4, -0.2) is 64.3 Å². The Kier molecular flexibility index (Phi) is 12.2. The van der Waals surface area contributed by atoms with Crippen molar-refractivity contribution in [3.8, 4) is 0 Å². The molecule has 0 aliphatic rings. The molecule has 0 aromatic heterocycles. The van der Waals surface area contributed by atoms with Gasteiger partial charge in [-0.1, -0.05) is 6.58 Å². The normalized spacial score (nSPS) is 14.5. The van der Waals surface area contributed by atoms with E-state index < -0.39 is 46.0 Å². The third kappa shape index (κ3) is 15.6. The Labute approximate surface area is 187 Å². The summed E-state index contributed by atoms with van der Waals surface area (Å²) in [6.07, 6.45) is -0.0765. The van der Waals surface area contributed by atoms with Crippen LogP contribution in [0.1, 0.15) is 19.8 Å². The van der Waals surface area contributed by atoms with E-state index in [9.17, 15) is 9.90 Å². The third-order valence-electron chi connectivity index (χ3n) is 3.26. The summed E-state index contributed by atoms with van der Waals surface area (Å²) in [7, 11) is -8.81. The molecule has 0 aromatic rings. The molecule has 7 nitrogen and oxygen atoms in total.